The zero-order valence-corrected chi connectivity index (χ0v) is 16.9. The van der Waals surface area contributed by atoms with E-state index in [0.717, 1.165) is 23.0 Å². The van der Waals surface area contributed by atoms with Crippen LogP contribution in [0.15, 0.2) is 47.2 Å². The molecule has 2 fully saturated rings. The summed E-state index contributed by atoms with van der Waals surface area (Å²) in [6.07, 6.45) is 5.04. The molecule has 2 aromatic rings. The number of piperidine rings is 1. The standard InChI is InChI=1S/C20H21BrN4O3/c21-15-3-1-4-16(12-15)25-13-14(11-18(25)26)19(27)24-9-5-17(6-10-24)28-20-22-7-2-8-23-20/h1-4,7-8,12,14,17H,5-6,9-11,13H2. The van der Waals surface area contributed by atoms with E-state index in [9.17, 15) is 9.59 Å². The lowest BCUT2D eigenvalue weighted by Gasteiger charge is -2.33. The summed E-state index contributed by atoms with van der Waals surface area (Å²) < 4.78 is 6.70. The van der Waals surface area contributed by atoms with E-state index in [1.165, 1.54) is 0 Å². The number of hydrogen-bond donors (Lipinski definition) is 0. The van der Waals surface area contributed by atoms with Crippen LogP contribution in [-0.2, 0) is 9.59 Å². The van der Waals surface area contributed by atoms with Gasteiger partial charge in [0.05, 0.1) is 5.92 Å². The van der Waals surface area contributed by atoms with E-state index in [1.807, 2.05) is 29.2 Å². The molecule has 0 spiro atoms. The van der Waals surface area contributed by atoms with Gasteiger partial charge in [0, 0.05) is 61.5 Å². The van der Waals surface area contributed by atoms with Gasteiger partial charge in [-0.05, 0) is 24.3 Å². The molecule has 0 N–H and O–H groups in total. The highest BCUT2D eigenvalue weighted by Gasteiger charge is 2.38. The zero-order valence-electron chi connectivity index (χ0n) is 15.3. The zero-order chi connectivity index (χ0) is 19.5. The molecule has 1 aromatic heterocycles. The monoisotopic (exact) mass is 444 g/mol. The van der Waals surface area contributed by atoms with Gasteiger partial charge in [-0.25, -0.2) is 9.97 Å². The summed E-state index contributed by atoms with van der Waals surface area (Å²) in [5.74, 6) is -0.238. The van der Waals surface area contributed by atoms with Gasteiger partial charge in [-0.15, -0.1) is 0 Å². The van der Waals surface area contributed by atoms with Crippen LogP contribution in [0, 0.1) is 5.92 Å². The van der Waals surface area contributed by atoms with Crippen molar-refractivity contribution in [2.45, 2.75) is 25.4 Å². The van der Waals surface area contributed by atoms with Gasteiger partial charge in [-0.2, -0.15) is 0 Å². The molecule has 28 heavy (non-hydrogen) atoms. The minimum Gasteiger partial charge on any atom is -0.460 e. The fourth-order valence-corrected chi connectivity index (χ4v) is 4.10. The number of anilines is 1. The molecule has 0 saturated carbocycles. The van der Waals surface area contributed by atoms with Gasteiger partial charge in [-0.1, -0.05) is 22.0 Å². The Morgan fingerprint density at radius 2 is 1.89 bits per heavy atom. The fourth-order valence-electron chi connectivity index (χ4n) is 3.71. The van der Waals surface area contributed by atoms with Gasteiger partial charge in [0.25, 0.3) is 0 Å². The average Bonchev–Trinajstić information content (AvgIpc) is 3.10. The van der Waals surface area contributed by atoms with Gasteiger partial charge in [0.1, 0.15) is 6.10 Å². The molecule has 2 aliphatic heterocycles. The summed E-state index contributed by atoms with van der Waals surface area (Å²) in [6.45, 7) is 1.68. The predicted molar refractivity (Wildman–Crippen MR) is 107 cm³/mol. The molecule has 0 radical (unpaired) electrons. The number of carbonyl (C=O) groups is 2. The second kappa shape index (κ2) is 8.26. The Bertz CT molecular complexity index is 856. The number of aromatic nitrogens is 2. The minimum atomic E-state index is -0.290. The molecular formula is C20H21BrN4O3. The molecule has 146 valence electrons. The second-order valence-corrected chi connectivity index (χ2v) is 7.97. The summed E-state index contributed by atoms with van der Waals surface area (Å²) in [7, 11) is 0. The Morgan fingerprint density at radius 1 is 1.14 bits per heavy atom. The maximum atomic E-state index is 12.9. The highest BCUT2D eigenvalue weighted by atomic mass is 79.9. The van der Waals surface area contributed by atoms with Crippen molar-refractivity contribution < 1.29 is 14.3 Å². The molecule has 0 bridgehead atoms. The van der Waals surface area contributed by atoms with E-state index in [-0.39, 0.29) is 30.3 Å². The van der Waals surface area contributed by atoms with Crippen LogP contribution < -0.4 is 9.64 Å². The molecule has 1 unspecified atom stereocenters. The van der Waals surface area contributed by atoms with Gasteiger partial charge in [0.2, 0.25) is 11.8 Å². The van der Waals surface area contributed by atoms with Crippen LogP contribution >= 0.6 is 15.9 Å². The Hall–Kier alpha value is -2.48. The highest BCUT2D eigenvalue weighted by Crippen LogP contribution is 2.29. The van der Waals surface area contributed by atoms with Crippen molar-refractivity contribution in [3.8, 4) is 6.01 Å². The van der Waals surface area contributed by atoms with Crippen LogP contribution in [-0.4, -0.2) is 52.4 Å². The number of likely N-dealkylation sites (tertiary alicyclic amines) is 1. The number of carbonyl (C=O) groups excluding carboxylic acids is 2. The number of nitrogens with zero attached hydrogens (tertiary/aromatic N) is 4. The molecule has 8 heteroatoms. The third-order valence-electron chi connectivity index (χ3n) is 5.16. The van der Waals surface area contributed by atoms with Crippen LogP contribution in [0.4, 0.5) is 5.69 Å². The lowest BCUT2D eigenvalue weighted by molar-refractivity contribution is -0.137. The number of amides is 2. The Balaban J connectivity index is 1.32. The first-order valence-electron chi connectivity index (χ1n) is 9.38. The maximum Gasteiger partial charge on any atom is 0.316 e. The predicted octanol–water partition coefficient (Wildman–Crippen LogP) is 2.66. The normalized spacial score (nSPS) is 20.5. The summed E-state index contributed by atoms with van der Waals surface area (Å²) in [6, 6.07) is 9.72. The van der Waals surface area contributed by atoms with Crippen molar-refractivity contribution >= 4 is 33.4 Å². The lowest BCUT2D eigenvalue weighted by atomic mass is 10.0. The van der Waals surface area contributed by atoms with Crippen molar-refractivity contribution in [2.75, 3.05) is 24.5 Å². The first kappa shape index (κ1) is 18.9. The third-order valence-corrected chi connectivity index (χ3v) is 5.66. The summed E-state index contributed by atoms with van der Waals surface area (Å²) >= 11 is 3.43. The number of benzene rings is 1. The largest absolute Gasteiger partial charge is 0.460 e. The molecular weight excluding hydrogens is 424 g/mol. The van der Waals surface area contributed by atoms with E-state index >= 15 is 0 Å². The molecule has 1 aromatic carbocycles. The molecule has 4 rings (SSSR count). The molecule has 3 heterocycles. The Kier molecular flexibility index (Phi) is 5.57. The van der Waals surface area contributed by atoms with E-state index in [4.69, 9.17) is 4.74 Å². The molecule has 7 nitrogen and oxygen atoms in total. The van der Waals surface area contributed by atoms with E-state index in [0.29, 0.717) is 25.6 Å². The number of halogens is 1. The van der Waals surface area contributed by atoms with E-state index in [2.05, 4.69) is 25.9 Å². The average molecular weight is 445 g/mol. The summed E-state index contributed by atoms with van der Waals surface area (Å²) in [5.41, 5.74) is 0.824. The third kappa shape index (κ3) is 4.16. The fraction of sp³-hybridized carbons (Fsp3) is 0.400. The van der Waals surface area contributed by atoms with Crippen molar-refractivity contribution in [3.63, 3.8) is 0 Å². The van der Waals surface area contributed by atoms with E-state index < -0.39 is 0 Å². The highest BCUT2D eigenvalue weighted by molar-refractivity contribution is 9.10. The van der Waals surface area contributed by atoms with Crippen LogP contribution in [0.1, 0.15) is 19.3 Å². The van der Waals surface area contributed by atoms with Gasteiger partial charge in [0.15, 0.2) is 0 Å². The quantitative estimate of drug-likeness (QED) is 0.724. The molecule has 1 atom stereocenters. The minimum absolute atomic E-state index is 0.00380. The molecule has 2 saturated heterocycles. The number of hydrogen-bond acceptors (Lipinski definition) is 5. The summed E-state index contributed by atoms with van der Waals surface area (Å²) in [5, 5.41) is 0. The van der Waals surface area contributed by atoms with Crippen molar-refractivity contribution in [1.82, 2.24) is 14.9 Å². The van der Waals surface area contributed by atoms with Crippen LogP contribution in [0.3, 0.4) is 0 Å². The van der Waals surface area contributed by atoms with Gasteiger partial charge in [-0.3, -0.25) is 9.59 Å². The molecule has 2 aliphatic rings. The number of ether oxygens (including phenoxy) is 1. The molecule has 0 aliphatic carbocycles. The van der Waals surface area contributed by atoms with E-state index in [1.54, 1.807) is 23.4 Å². The van der Waals surface area contributed by atoms with Crippen molar-refractivity contribution in [2.24, 2.45) is 5.92 Å². The topological polar surface area (TPSA) is 75.6 Å². The van der Waals surface area contributed by atoms with Crippen LogP contribution in [0.2, 0.25) is 0 Å². The Labute approximate surface area is 171 Å². The number of rotatable bonds is 4. The van der Waals surface area contributed by atoms with Crippen LogP contribution in [0.25, 0.3) is 0 Å². The van der Waals surface area contributed by atoms with Gasteiger partial charge >= 0.3 is 6.01 Å². The van der Waals surface area contributed by atoms with Gasteiger partial charge < -0.3 is 14.5 Å². The van der Waals surface area contributed by atoms with Crippen molar-refractivity contribution in [3.05, 3.63) is 47.2 Å². The van der Waals surface area contributed by atoms with Crippen molar-refractivity contribution in [1.29, 1.82) is 0 Å². The SMILES string of the molecule is O=C(C1CC(=O)N(c2cccc(Br)c2)C1)N1CCC(Oc2ncccn2)CC1. The summed E-state index contributed by atoms with van der Waals surface area (Å²) in [4.78, 5) is 37.1. The Morgan fingerprint density at radius 3 is 2.61 bits per heavy atom. The first-order valence-corrected chi connectivity index (χ1v) is 10.2. The second-order valence-electron chi connectivity index (χ2n) is 7.06. The van der Waals surface area contributed by atoms with Crippen LogP contribution in [0.5, 0.6) is 6.01 Å². The molecule has 2 amide bonds. The maximum absolute atomic E-state index is 12.9. The smallest absolute Gasteiger partial charge is 0.316 e. The first-order chi connectivity index (χ1) is 13.6. The lowest BCUT2D eigenvalue weighted by Crippen LogP contribution is -2.45.